The van der Waals surface area contributed by atoms with E-state index in [1.165, 1.54) is 0 Å². The van der Waals surface area contributed by atoms with Crippen molar-refractivity contribution in [2.75, 3.05) is 17.7 Å². The minimum atomic E-state index is -4.55. The number of pyridine rings is 1. The van der Waals surface area contributed by atoms with E-state index in [4.69, 9.17) is 15.5 Å². The number of carbonyl (C=O) groups excluding carboxylic acids is 1. The molecule has 6 saturated carbocycles. The number of alkyl halides is 3. The van der Waals surface area contributed by atoms with Gasteiger partial charge in [-0.3, -0.25) is 9.20 Å². The number of benzene rings is 1. The quantitative estimate of drug-likeness (QED) is 0.366. The number of halogens is 3. The summed E-state index contributed by atoms with van der Waals surface area (Å²) in [6.07, 6.45) is 0.104. The zero-order valence-corrected chi connectivity index (χ0v) is 21.2. The Kier molecular flexibility index (Phi) is 3.93. The van der Waals surface area contributed by atoms with Crippen LogP contribution in [0.4, 0.5) is 24.8 Å². The number of hydrogen-bond donors (Lipinski definition) is 2. The van der Waals surface area contributed by atoms with E-state index in [1.807, 2.05) is 13.1 Å². The second kappa shape index (κ2) is 6.94. The molecular formula is C29H23F3N6O2. The number of anilines is 2. The Morgan fingerprint density at radius 1 is 1.07 bits per heavy atom. The lowest BCUT2D eigenvalue weighted by Gasteiger charge is -3.07. The summed E-state index contributed by atoms with van der Waals surface area (Å²) >= 11 is 0. The fraction of sp³-hybridized carbons (Fsp3) is 0.379. The SMILES string of the molecule is CCOc1cc(C(=O)Nc2cc(C(F)(F)F)ccn2)ccc1-c1nc(C23C4C5C6C4C2C6C53)n2ccnc(N)c12. The van der Waals surface area contributed by atoms with Gasteiger partial charge in [0.05, 0.1) is 12.2 Å². The Morgan fingerprint density at radius 3 is 2.52 bits per heavy atom. The van der Waals surface area contributed by atoms with Gasteiger partial charge in [-0.05, 0) is 78.7 Å². The molecule has 1 aromatic carbocycles. The van der Waals surface area contributed by atoms with Gasteiger partial charge < -0.3 is 15.8 Å². The number of nitrogens with two attached hydrogens (primary N) is 1. The van der Waals surface area contributed by atoms with Crippen LogP contribution >= 0.6 is 0 Å². The topological polar surface area (TPSA) is 107 Å². The number of nitrogens with one attached hydrogen (secondary N) is 1. The van der Waals surface area contributed by atoms with Crippen molar-refractivity contribution in [1.29, 1.82) is 0 Å². The Bertz CT molecular complexity index is 1750. The predicted molar refractivity (Wildman–Crippen MR) is 137 cm³/mol. The molecule has 6 fully saturated rings. The molecule has 8 nitrogen and oxygen atoms in total. The molecule has 0 unspecified atom stereocenters. The first kappa shape index (κ1) is 22.6. The van der Waals surface area contributed by atoms with E-state index < -0.39 is 17.6 Å². The maximum absolute atomic E-state index is 13.1. The number of nitrogen functional groups attached to an aromatic ring is 1. The lowest BCUT2D eigenvalue weighted by atomic mass is 8.96. The smallest absolute Gasteiger partial charge is 0.416 e. The summed E-state index contributed by atoms with van der Waals surface area (Å²) in [5, 5.41) is 2.45. The molecule has 0 radical (unpaired) electrons. The molecule has 40 heavy (non-hydrogen) atoms. The van der Waals surface area contributed by atoms with E-state index in [2.05, 4.69) is 19.7 Å². The lowest BCUT2D eigenvalue weighted by molar-refractivity contribution is -0.583. The molecule has 4 aromatic rings. The van der Waals surface area contributed by atoms with E-state index >= 15 is 0 Å². The van der Waals surface area contributed by atoms with E-state index in [9.17, 15) is 18.0 Å². The molecule has 0 aliphatic heterocycles. The molecular weight excluding hydrogens is 521 g/mol. The van der Waals surface area contributed by atoms with E-state index in [1.54, 1.807) is 24.4 Å². The second-order valence-electron chi connectivity index (χ2n) is 11.7. The summed E-state index contributed by atoms with van der Waals surface area (Å²) < 4.78 is 47.4. The number of imidazole rings is 1. The van der Waals surface area contributed by atoms with Crippen LogP contribution in [0.2, 0.25) is 0 Å². The third-order valence-corrected chi connectivity index (χ3v) is 10.6. The highest BCUT2D eigenvalue weighted by Gasteiger charge is 3.05. The normalized spacial score (nSPS) is 33.1. The van der Waals surface area contributed by atoms with Crippen molar-refractivity contribution in [3.63, 3.8) is 0 Å². The lowest BCUT2D eigenvalue weighted by Crippen LogP contribution is -3.07. The van der Waals surface area contributed by atoms with Gasteiger partial charge >= 0.3 is 6.18 Å². The number of fused-ring (bicyclic) bond motifs is 1. The molecule has 6 aliphatic rings. The third kappa shape index (κ3) is 2.31. The number of hydrogen-bond acceptors (Lipinski definition) is 6. The van der Waals surface area contributed by atoms with Crippen LogP contribution in [-0.2, 0) is 11.6 Å². The molecule has 10 rings (SSSR count). The van der Waals surface area contributed by atoms with Crippen LogP contribution in [0.1, 0.15) is 28.7 Å². The fourth-order valence-electron chi connectivity index (χ4n) is 9.43. The zero-order chi connectivity index (χ0) is 27.3. The molecule has 202 valence electrons. The zero-order valence-electron chi connectivity index (χ0n) is 21.2. The molecule has 6 aliphatic carbocycles. The van der Waals surface area contributed by atoms with Crippen molar-refractivity contribution in [3.8, 4) is 17.0 Å². The first-order chi connectivity index (χ1) is 19.3. The Labute approximate surface area is 225 Å². The molecule has 0 atom stereocenters. The highest BCUT2D eigenvalue weighted by atomic mass is 19.4. The van der Waals surface area contributed by atoms with E-state index in [-0.39, 0.29) is 16.8 Å². The van der Waals surface area contributed by atoms with Gasteiger partial charge in [-0.15, -0.1) is 0 Å². The maximum Gasteiger partial charge on any atom is 0.416 e. The van der Waals surface area contributed by atoms with Crippen molar-refractivity contribution in [2.24, 2.45) is 41.4 Å². The first-order valence-electron chi connectivity index (χ1n) is 13.5. The van der Waals surface area contributed by atoms with Crippen molar-refractivity contribution in [1.82, 2.24) is 19.4 Å². The first-order valence-corrected chi connectivity index (χ1v) is 13.5. The average Bonchev–Trinajstić information content (AvgIpc) is 3.34. The number of ether oxygens (including phenoxy) is 1. The van der Waals surface area contributed by atoms with Crippen LogP contribution in [0.3, 0.4) is 0 Å². The number of aromatic nitrogens is 4. The van der Waals surface area contributed by atoms with Gasteiger partial charge in [0.2, 0.25) is 0 Å². The summed E-state index contributed by atoms with van der Waals surface area (Å²) in [6, 6.07) is 6.57. The summed E-state index contributed by atoms with van der Waals surface area (Å²) in [7, 11) is 0. The van der Waals surface area contributed by atoms with E-state index in [0.29, 0.717) is 29.4 Å². The van der Waals surface area contributed by atoms with Crippen LogP contribution < -0.4 is 15.8 Å². The average molecular weight is 545 g/mol. The number of rotatable bonds is 6. The van der Waals surface area contributed by atoms with Crippen molar-refractivity contribution in [2.45, 2.75) is 18.5 Å². The summed E-state index contributed by atoms with van der Waals surface area (Å²) in [5.41, 5.74) is 7.95. The summed E-state index contributed by atoms with van der Waals surface area (Å²) in [4.78, 5) is 26.4. The molecule has 3 N–H and O–H groups in total. The number of carbonyl (C=O) groups is 1. The summed E-state index contributed by atoms with van der Waals surface area (Å²) in [5.74, 6) is 6.93. The van der Waals surface area contributed by atoms with Crippen LogP contribution in [0, 0.1) is 41.4 Å². The van der Waals surface area contributed by atoms with Gasteiger partial charge in [-0.25, -0.2) is 15.0 Å². The Balaban J connectivity index is 1.10. The largest absolute Gasteiger partial charge is 0.493 e. The monoisotopic (exact) mass is 544 g/mol. The van der Waals surface area contributed by atoms with Crippen molar-refractivity contribution in [3.05, 3.63) is 65.9 Å². The van der Waals surface area contributed by atoms with Gasteiger partial charge in [0.15, 0.2) is 0 Å². The number of amides is 1. The Morgan fingerprint density at radius 2 is 1.82 bits per heavy atom. The highest BCUT2D eigenvalue weighted by Crippen LogP contribution is 3.05. The highest BCUT2D eigenvalue weighted by molar-refractivity contribution is 6.04. The molecule has 3 aromatic heterocycles. The fourth-order valence-corrected chi connectivity index (χ4v) is 9.43. The third-order valence-electron chi connectivity index (χ3n) is 10.6. The van der Waals surface area contributed by atoms with Crippen LogP contribution in [-0.4, -0.2) is 31.9 Å². The molecule has 1 amide bonds. The van der Waals surface area contributed by atoms with Gasteiger partial charge in [0.1, 0.15) is 34.4 Å². The van der Waals surface area contributed by atoms with Crippen LogP contribution in [0.15, 0.2) is 48.9 Å². The number of nitrogens with zero attached hydrogens (tertiary/aromatic N) is 4. The molecule has 11 heteroatoms. The van der Waals surface area contributed by atoms with Crippen LogP contribution in [0.25, 0.3) is 16.8 Å². The van der Waals surface area contributed by atoms with Crippen LogP contribution in [0.5, 0.6) is 5.75 Å². The van der Waals surface area contributed by atoms with Crippen molar-refractivity contribution < 1.29 is 22.7 Å². The van der Waals surface area contributed by atoms with Gasteiger partial charge in [-0.2, -0.15) is 13.2 Å². The van der Waals surface area contributed by atoms with Gasteiger partial charge in [-0.1, -0.05) is 0 Å². The second-order valence-corrected chi connectivity index (χ2v) is 11.7. The van der Waals surface area contributed by atoms with Crippen molar-refractivity contribution >= 4 is 23.1 Å². The minimum Gasteiger partial charge on any atom is -0.493 e. The van der Waals surface area contributed by atoms with E-state index in [0.717, 1.165) is 71.1 Å². The molecule has 0 saturated heterocycles. The standard InChI is InChI=1S/C29H23F3N6O2/c1-2-40-14-9-11(26(39)36-15-10-12(5-6-34-15)29(30,31)32)3-4-13(14)23-24-25(33)35-7-8-38(24)27(37-23)28-20-17-16-18(20)22(28)19(16)21(17)28/h3-10,16-22H,2H2,1H3,(H2,33,35)(H,34,36,39). The molecule has 0 spiro atoms. The molecule has 0 bridgehead atoms. The predicted octanol–water partition coefficient (Wildman–Crippen LogP) is 4.66. The van der Waals surface area contributed by atoms with Gasteiger partial charge in [0, 0.05) is 35.1 Å². The minimum absolute atomic E-state index is 0.160. The molecule has 3 heterocycles. The summed E-state index contributed by atoms with van der Waals surface area (Å²) in [6.45, 7) is 2.17. The Hall–Kier alpha value is -4.15. The van der Waals surface area contributed by atoms with Gasteiger partial charge in [0.25, 0.3) is 5.91 Å². The maximum atomic E-state index is 13.1.